The first kappa shape index (κ1) is 10.7. The molecule has 1 atom stereocenters. The van der Waals surface area contributed by atoms with Gasteiger partial charge in [0.15, 0.2) is 0 Å². The van der Waals surface area contributed by atoms with E-state index in [1.807, 2.05) is 12.1 Å². The second kappa shape index (κ2) is 4.37. The maximum atomic E-state index is 6.20. The zero-order valence-corrected chi connectivity index (χ0v) is 10.8. The van der Waals surface area contributed by atoms with Gasteiger partial charge in [-0.2, -0.15) is 0 Å². The van der Waals surface area contributed by atoms with Crippen molar-refractivity contribution in [2.24, 2.45) is 11.7 Å². The average Bonchev–Trinajstić information content (AvgIpc) is 2.00. The molecule has 0 saturated heterocycles. The summed E-state index contributed by atoms with van der Waals surface area (Å²) in [5.41, 5.74) is 7.45. The highest BCUT2D eigenvalue weighted by molar-refractivity contribution is 14.1. The Labute approximate surface area is 103 Å². The molecule has 3 heteroatoms. The standard InChI is InChI=1S/C11H13ClIN/c12-8-4-5-9(10(13)6-8)11(14)7-2-1-3-7/h4-7,11H,1-3,14H2. The topological polar surface area (TPSA) is 26.0 Å². The number of benzene rings is 1. The summed E-state index contributed by atoms with van der Waals surface area (Å²) < 4.78 is 1.19. The fourth-order valence-corrected chi connectivity index (χ4v) is 3.06. The average molecular weight is 322 g/mol. The molecule has 2 rings (SSSR count). The Kier molecular flexibility index (Phi) is 3.34. The van der Waals surface area contributed by atoms with Crippen LogP contribution in [0.15, 0.2) is 18.2 Å². The van der Waals surface area contributed by atoms with Crippen molar-refractivity contribution in [3.8, 4) is 0 Å². The van der Waals surface area contributed by atoms with Crippen molar-refractivity contribution in [1.82, 2.24) is 0 Å². The van der Waals surface area contributed by atoms with Gasteiger partial charge < -0.3 is 5.73 Å². The SMILES string of the molecule is NC(c1ccc(Cl)cc1I)C1CCC1. The van der Waals surface area contributed by atoms with Crippen LogP contribution in [0.2, 0.25) is 5.02 Å². The number of rotatable bonds is 2. The summed E-state index contributed by atoms with van der Waals surface area (Å²) in [4.78, 5) is 0. The number of hydrogen-bond acceptors (Lipinski definition) is 1. The molecule has 0 bridgehead atoms. The summed E-state index contributed by atoms with van der Waals surface area (Å²) in [6.07, 6.45) is 3.89. The first-order valence-corrected chi connectivity index (χ1v) is 6.34. The minimum atomic E-state index is 0.202. The van der Waals surface area contributed by atoms with Gasteiger partial charge in [-0.25, -0.2) is 0 Å². The van der Waals surface area contributed by atoms with Crippen LogP contribution in [0.5, 0.6) is 0 Å². The molecule has 1 nitrogen and oxygen atoms in total. The summed E-state index contributed by atoms with van der Waals surface area (Å²) in [6, 6.07) is 6.17. The Morgan fingerprint density at radius 1 is 1.43 bits per heavy atom. The molecule has 0 aromatic heterocycles. The van der Waals surface area contributed by atoms with Gasteiger partial charge in [-0.05, 0) is 59.0 Å². The van der Waals surface area contributed by atoms with Crippen LogP contribution < -0.4 is 5.73 Å². The van der Waals surface area contributed by atoms with Crippen molar-refractivity contribution < 1.29 is 0 Å². The third kappa shape index (κ3) is 2.07. The van der Waals surface area contributed by atoms with Crippen LogP contribution in [0.4, 0.5) is 0 Å². The normalized spacial score (nSPS) is 19.1. The van der Waals surface area contributed by atoms with E-state index < -0.39 is 0 Å². The summed E-state index contributed by atoms with van der Waals surface area (Å²) in [6.45, 7) is 0. The molecular formula is C11H13ClIN. The lowest BCUT2D eigenvalue weighted by Crippen LogP contribution is -2.27. The van der Waals surface area contributed by atoms with Gasteiger partial charge in [-0.3, -0.25) is 0 Å². The van der Waals surface area contributed by atoms with Crippen LogP contribution in [-0.2, 0) is 0 Å². The lowest BCUT2D eigenvalue weighted by molar-refractivity contribution is 0.264. The summed E-state index contributed by atoms with van der Waals surface area (Å²) >= 11 is 8.21. The third-order valence-electron chi connectivity index (χ3n) is 2.98. The quantitative estimate of drug-likeness (QED) is 0.825. The predicted octanol–water partition coefficient (Wildman–Crippen LogP) is 3.74. The Morgan fingerprint density at radius 3 is 2.64 bits per heavy atom. The monoisotopic (exact) mass is 321 g/mol. The van der Waals surface area contributed by atoms with E-state index in [0.717, 1.165) is 5.02 Å². The summed E-state index contributed by atoms with van der Waals surface area (Å²) in [5.74, 6) is 0.685. The van der Waals surface area contributed by atoms with E-state index in [9.17, 15) is 0 Å². The molecule has 2 N–H and O–H groups in total. The molecule has 0 radical (unpaired) electrons. The van der Waals surface area contributed by atoms with Gasteiger partial charge in [-0.15, -0.1) is 0 Å². The molecule has 1 unspecified atom stereocenters. The van der Waals surface area contributed by atoms with Gasteiger partial charge in [0.1, 0.15) is 0 Å². The zero-order chi connectivity index (χ0) is 10.1. The van der Waals surface area contributed by atoms with Crippen LogP contribution in [0.25, 0.3) is 0 Å². The predicted molar refractivity (Wildman–Crippen MR) is 68.4 cm³/mol. The van der Waals surface area contributed by atoms with Gasteiger partial charge in [-0.1, -0.05) is 24.1 Å². The summed E-state index contributed by atoms with van der Waals surface area (Å²) in [5, 5.41) is 0.791. The highest BCUT2D eigenvalue weighted by Crippen LogP contribution is 2.37. The molecule has 0 spiro atoms. The maximum absolute atomic E-state index is 6.20. The molecule has 0 amide bonds. The fourth-order valence-electron chi connectivity index (χ4n) is 1.82. The number of hydrogen-bond donors (Lipinski definition) is 1. The molecule has 1 aromatic rings. The molecule has 1 aromatic carbocycles. The molecular weight excluding hydrogens is 308 g/mol. The molecule has 0 heterocycles. The molecule has 1 fully saturated rings. The van der Waals surface area contributed by atoms with E-state index >= 15 is 0 Å². The van der Waals surface area contributed by atoms with E-state index in [1.165, 1.54) is 28.4 Å². The minimum Gasteiger partial charge on any atom is -0.324 e. The minimum absolute atomic E-state index is 0.202. The van der Waals surface area contributed by atoms with Crippen LogP contribution in [-0.4, -0.2) is 0 Å². The van der Waals surface area contributed by atoms with Crippen LogP contribution >= 0.6 is 34.2 Å². The first-order valence-electron chi connectivity index (χ1n) is 4.89. The van der Waals surface area contributed by atoms with Gasteiger partial charge in [0, 0.05) is 14.6 Å². The van der Waals surface area contributed by atoms with Crippen molar-refractivity contribution in [3.63, 3.8) is 0 Å². The number of nitrogens with two attached hydrogens (primary N) is 1. The van der Waals surface area contributed by atoms with Gasteiger partial charge in [0.05, 0.1) is 0 Å². The largest absolute Gasteiger partial charge is 0.324 e. The molecule has 76 valence electrons. The second-order valence-corrected chi connectivity index (χ2v) is 5.48. The highest BCUT2D eigenvalue weighted by atomic mass is 127. The van der Waals surface area contributed by atoms with E-state index in [4.69, 9.17) is 17.3 Å². The molecule has 1 aliphatic rings. The summed E-state index contributed by atoms with van der Waals surface area (Å²) in [7, 11) is 0. The van der Waals surface area contributed by atoms with Crippen molar-refractivity contribution in [2.75, 3.05) is 0 Å². The van der Waals surface area contributed by atoms with E-state index in [2.05, 4.69) is 28.7 Å². The van der Waals surface area contributed by atoms with Gasteiger partial charge in [0.2, 0.25) is 0 Å². The highest BCUT2D eigenvalue weighted by Gasteiger charge is 2.26. The maximum Gasteiger partial charge on any atom is 0.0416 e. The zero-order valence-electron chi connectivity index (χ0n) is 7.84. The van der Waals surface area contributed by atoms with Crippen molar-refractivity contribution in [1.29, 1.82) is 0 Å². The molecule has 14 heavy (non-hydrogen) atoms. The van der Waals surface area contributed by atoms with Gasteiger partial charge >= 0.3 is 0 Å². The van der Waals surface area contributed by atoms with Crippen LogP contribution in [0, 0.1) is 9.49 Å². The Bertz CT molecular complexity index is 336. The Balaban J connectivity index is 2.22. The Morgan fingerprint density at radius 2 is 2.14 bits per heavy atom. The first-order chi connectivity index (χ1) is 6.68. The fraction of sp³-hybridized carbons (Fsp3) is 0.455. The number of halogens is 2. The van der Waals surface area contributed by atoms with Gasteiger partial charge in [0.25, 0.3) is 0 Å². The Hall–Kier alpha value is 0.200. The van der Waals surface area contributed by atoms with Crippen molar-refractivity contribution in [3.05, 3.63) is 32.4 Å². The van der Waals surface area contributed by atoms with E-state index in [0.29, 0.717) is 5.92 Å². The van der Waals surface area contributed by atoms with E-state index in [1.54, 1.807) is 0 Å². The molecule has 1 saturated carbocycles. The van der Waals surface area contributed by atoms with E-state index in [-0.39, 0.29) is 6.04 Å². The third-order valence-corrected chi connectivity index (χ3v) is 4.15. The van der Waals surface area contributed by atoms with Crippen molar-refractivity contribution >= 4 is 34.2 Å². The molecule has 1 aliphatic carbocycles. The van der Waals surface area contributed by atoms with Crippen LogP contribution in [0.3, 0.4) is 0 Å². The van der Waals surface area contributed by atoms with Crippen LogP contribution in [0.1, 0.15) is 30.9 Å². The second-order valence-electron chi connectivity index (χ2n) is 3.88. The lowest BCUT2D eigenvalue weighted by atomic mass is 9.78. The lowest BCUT2D eigenvalue weighted by Gasteiger charge is -2.32. The van der Waals surface area contributed by atoms with Crippen molar-refractivity contribution in [2.45, 2.75) is 25.3 Å². The smallest absolute Gasteiger partial charge is 0.0416 e. The molecule has 0 aliphatic heterocycles.